The molecule has 8 heterocycles. The molecule has 6 fully saturated rings. The number of likely N-dealkylation sites (tertiary alicyclic amines) is 1. The van der Waals surface area contributed by atoms with Crippen molar-refractivity contribution in [1.82, 2.24) is 40.1 Å². The number of aliphatic carboxylic acids is 1. The molecule has 388 valence electrons. The highest BCUT2D eigenvalue weighted by Crippen LogP contribution is 2.57. The lowest BCUT2D eigenvalue weighted by atomic mass is 9.67. The number of hydrogen-bond donors (Lipinski definition) is 4. The van der Waals surface area contributed by atoms with Crippen LogP contribution >= 0.6 is 11.3 Å². The number of ether oxygens (including phenoxy) is 5. The molecule has 1 aromatic carbocycles. The van der Waals surface area contributed by atoms with Gasteiger partial charge in [-0.1, -0.05) is 26.8 Å². The van der Waals surface area contributed by atoms with E-state index in [1.165, 1.54) is 34.8 Å². The molecule has 7 aliphatic rings. The van der Waals surface area contributed by atoms with Crippen LogP contribution < -0.4 is 10.7 Å². The van der Waals surface area contributed by atoms with Gasteiger partial charge in [-0.2, -0.15) is 0 Å². The van der Waals surface area contributed by atoms with Crippen LogP contribution in [0.5, 0.6) is 0 Å². The first-order valence-electron chi connectivity index (χ1n) is 26.2. The molecule has 72 heavy (non-hydrogen) atoms. The lowest BCUT2D eigenvalue weighted by molar-refractivity contribution is -0.162. The topological polar surface area (TPSA) is 202 Å². The Kier molecular flexibility index (Phi) is 14.3. The molecule has 0 bridgehead atoms. The number of aliphatic hydroxyl groups is 1. The largest absolute Gasteiger partial charge is 0.480 e. The number of aromatic nitrogens is 3. The number of carbonyl (C=O) groups is 3. The van der Waals surface area contributed by atoms with Gasteiger partial charge in [0.05, 0.1) is 55.7 Å². The van der Waals surface area contributed by atoms with E-state index in [2.05, 4.69) is 69.4 Å². The van der Waals surface area contributed by atoms with Gasteiger partial charge in [0.1, 0.15) is 29.3 Å². The molecule has 18 nitrogen and oxygen atoms in total. The summed E-state index contributed by atoms with van der Waals surface area (Å²) in [5.41, 5.74) is 10.3. The van der Waals surface area contributed by atoms with Gasteiger partial charge in [-0.25, -0.2) is 10.4 Å². The maximum absolute atomic E-state index is 14.9. The average molecular weight is 1010 g/mol. The normalized spacial score (nSPS) is 26.3. The summed E-state index contributed by atoms with van der Waals surface area (Å²) in [5, 5.41) is 29.3. The number of pyridine rings is 1. The van der Waals surface area contributed by atoms with Crippen LogP contribution in [0.15, 0.2) is 35.8 Å². The molecule has 5 aliphatic heterocycles. The van der Waals surface area contributed by atoms with Crippen molar-refractivity contribution in [3.05, 3.63) is 57.7 Å². The molecule has 4 N–H and O–H groups in total. The zero-order valence-corrected chi connectivity index (χ0v) is 42.7. The van der Waals surface area contributed by atoms with E-state index in [-0.39, 0.29) is 31.1 Å². The molecule has 19 heteroatoms. The fraction of sp³-hybridized carbons (Fsp3) is 0.642. The molecular formula is C53H70N8O10S. The molecule has 2 aliphatic carbocycles. The lowest BCUT2D eigenvalue weighted by Crippen LogP contribution is -2.64. The maximum atomic E-state index is 14.9. The molecule has 11 rings (SSSR count). The van der Waals surface area contributed by atoms with Gasteiger partial charge < -0.3 is 43.8 Å². The Balaban J connectivity index is 1.01. The summed E-state index contributed by atoms with van der Waals surface area (Å²) >= 11 is 1.43. The predicted octanol–water partition coefficient (Wildman–Crippen LogP) is 4.86. The van der Waals surface area contributed by atoms with E-state index < -0.39 is 53.5 Å². The summed E-state index contributed by atoms with van der Waals surface area (Å²) in [5.74, 6) is -1.78. The SMILES string of the molecule is CO[C@@H]1c2ncc(C3CN(C4CC4)C3)cc2-c2c(c3cc(-c4csc([C@H](C(NC(=O)[C@@H]5OC[C@@H]5C)C(=O)N5CCC[C@@H](C(=O)O)N5)N5CCOCC5)n4)ccc3n2CCOC2CCOCC2)C1C(C)(C)CO. The Morgan fingerprint density at radius 3 is 2.50 bits per heavy atom. The van der Waals surface area contributed by atoms with Crippen molar-refractivity contribution in [3.8, 4) is 22.5 Å². The van der Waals surface area contributed by atoms with E-state index in [4.69, 9.17) is 33.7 Å². The van der Waals surface area contributed by atoms with Crippen molar-refractivity contribution < 1.29 is 48.3 Å². The Bertz CT molecular complexity index is 2640. The van der Waals surface area contributed by atoms with Crippen molar-refractivity contribution in [2.75, 3.05) is 86.1 Å². The third-order valence-corrected chi connectivity index (χ3v) is 17.3. The first-order valence-corrected chi connectivity index (χ1v) is 27.0. The highest BCUT2D eigenvalue weighted by molar-refractivity contribution is 7.10. The van der Waals surface area contributed by atoms with Crippen LogP contribution in [0, 0.1) is 11.3 Å². The van der Waals surface area contributed by atoms with Crippen molar-refractivity contribution in [2.24, 2.45) is 11.3 Å². The molecule has 0 spiro atoms. The summed E-state index contributed by atoms with van der Waals surface area (Å²) < 4.78 is 32.6. The molecular weight excluding hydrogens is 941 g/mol. The Hall–Kier alpha value is -4.41. The number of nitrogens with one attached hydrogen (secondary N) is 2. The number of nitrogens with zero attached hydrogens (tertiary/aromatic N) is 6. The Morgan fingerprint density at radius 1 is 1.03 bits per heavy atom. The Labute approximate surface area is 424 Å². The van der Waals surface area contributed by atoms with Crippen molar-refractivity contribution in [3.63, 3.8) is 0 Å². The smallest absolute Gasteiger partial charge is 0.322 e. The number of benzene rings is 1. The number of hydrogen-bond acceptors (Lipinski definition) is 15. The van der Waals surface area contributed by atoms with Gasteiger partial charge in [0.2, 0.25) is 5.91 Å². The number of methoxy groups -OCH3 is 1. The van der Waals surface area contributed by atoms with E-state index in [1.807, 2.05) is 12.3 Å². The molecule has 2 amide bonds. The highest BCUT2D eigenvalue weighted by Gasteiger charge is 2.48. The summed E-state index contributed by atoms with van der Waals surface area (Å²) in [6.07, 6.45) is 6.20. The zero-order chi connectivity index (χ0) is 49.8. The molecule has 3 aromatic heterocycles. The molecule has 5 saturated heterocycles. The average Bonchev–Trinajstić information content (AvgIpc) is 4.00. The fourth-order valence-electron chi connectivity index (χ4n) is 12.0. The maximum Gasteiger partial charge on any atom is 0.322 e. The van der Waals surface area contributed by atoms with E-state index in [9.17, 15) is 24.6 Å². The third kappa shape index (κ3) is 9.51. The van der Waals surface area contributed by atoms with Crippen LogP contribution in [0.1, 0.15) is 105 Å². The Morgan fingerprint density at radius 2 is 1.81 bits per heavy atom. The molecule has 4 aromatic rings. The summed E-state index contributed by atoms with van der Waals surface area (Å²) in [6, 6.07) is 6.79. The van der Waals surface area contributed by atoms with E-state index in [0.29, 0.717) is 88.7 Å². The summed E-state index contributed by atoms with van der Waals surface area (Å²) in [4.78, 5) is 56.3. The second-order valence-electron chi connectivity index (χ2n) is 21.7. The van der Waals surface area contributed by atoms with Gasteiger partial charge in [-0.3, -0.25) is 34.2 Å². The van der Waals surface area contributed by atoms with Crippen LogP contribution in [0.25, 0.3) is 33.4 Å². The predicted molar refractivity (Wildman–Crippen MR) is 268 cm³/mol. The first kappa shape index (κ1) is 49.8. The van der Waals surface area contributed by atoms with Gasteiger partial charge in [-0.15, -0.1) is 11.3 Å². The summed E-state index contributed by atoms with van der Waals surface area (Å²) in [7, 11) is 1.75. The van der Waals surface area contributed by atoms with Crippen LogP contribution in [0.2, 0.25) is 0 Å². The van der Waals surface area contributed by atoms with E-state index >= 15 is 0 Å². The van der Waals surface area contributed by atoms with Gasteiger partial charge >= 0.3 is 5.97 Å². The minimum atomic E-state index is -1.12. The minimum Gasteiger partial charge on any atom is -0.480 e. The third-order valence-electron chi connectivity index (χ3n) is 16.4. The standard InChI is InChI=1S/C53H70N8O10S/c1-30-27-71-47(30)49(63)56-44(51(64)61-13-5-6-38(57-61)52(65)66)46(58-14-19-69-20-15-58)50-55-39(28-72-50)31-7-10-40-36(22-31)41-42(53(2,3)29-62)48(67-4)43-37(23-32(24-54-43)33-25-59(26-33)34-8-9-34)45(41)60(40)16-21-70-35-11-17-68-18-12-35/h7,10,22-24,28,30,33-35,38,42,44,46-48,57,62H,5-6,8-9,11-21,25-27,29H2,1-4H3,(H,56,63)(H,65,66)/t30-,38-,42?,44?,46-,47+,48-/m0/s1. The number of thiazole rings is 1. The van der Waals surface area contributed by atoms with Crippen molar-refractivity contribution >= 4 is 40.0 Å². The number of rotatable bonds is 17. The molecule has 2 unspecified atom stereocenters. The van der Waals surface area contributed by atoms with Crippen LogP contribution in [0.3, 0.4) is 0 Å². The second kappa shape index (κ2) is 20.7. The van der Waals surface area contributed by atoms with Crippen molar-refractivity contribution in [2.45, 2.75) is 120 Å². The van der Waals surface area contributed by atoms with E-state index in [1.54, 1.807) is 7.11 Å². The monoisotopic (exact) mass is 1010 g/mol. The van der Waals surface area contributed by atoms with Crippen LogP contribution in [-0.2, 0) is 44.6 Å². The number of fused-ring (bicyclic) bond motifs is 5. The van der Waals surface area contributed by atoms with Gasteiger partial charge in [0.25, 0.3) is 5.91 Å². The number of carbonyl (C=O) groups excluding carboxylic acids is 2. The number of amides is 2. The molecule has 7 atom stereocenters. The van der Waals surface area contributed by atoms with Gasteiger partial charge in [0, 0.05) is 124 Å². The number of carboxylic acids is 1. The number of morpholine rings is 1. The molecule has 1 saturated carbocycles. The van der Waals surface area contributed by atoms with Gasteiger partial charge in [0.15, 0.2) is 0 Å². The second-order valence-corrected chi connectivity index (χ2v) is 22.6. The van der Waals surface area contributed by atoms with Crippen LogP contribution in [0.4, 0.5) is 0 Å². The highest BCUT2D eigenvalue weighted by atomic mass is 32.1. The minimum absolute atomic E-state index is 0.0252. The first-order chi connectivity index (χ1) is 34.9. The quantitative estimate of drug-likeness (QED) is 0.112. The number of carboxylic acid groups (broad SMARTS) is 1. The number of aliphatic hydroxyl groups excluding tert-OH is 1. The van der Waals surface area contributed by atoms with Crippen LogP contribution in [-0.4, -0.2) is 174 Å². The molecule has 0 radical (unpaired) electrons. The van der Waals surface area contributed by atoms with Gasteiger partial charge in [-0.05, 0) is 73.3 Å². The fourth-order valence-corrected chi connectivity index (χ4v) is 13.0. The lowest BCUT2D eigenvalue weighted by Gasteiger charge is -2.43. The number of hydrazine groups is 1. The van der Waals surface area contributed by atoms with E-state index in [0.717, 1.165) is 71.0 Å². The zero-order valence-electron chi connectivity index (χ0n) is 41.9. The van der Waals surface area contributed by atoms with Crippen molar-refractivity contribution in [1.29, 1.82) is 0 Å². The summed E-state index contributed by atoms with van der Waals surface area (Å²) in [6.45, 7) is 13.2.